The predicted molar refractivity (Wildman–Crippen MR) is 66.8 cm³/mol. The molecule has 0 spiro atoms. The Hall–Kier alpha value is -1.35. The average Bonchev–Trinajstić information content (AvgIpc) is 2.56. The summed E-state index contributed by atoms with van der Waals surface area (Å²) in [6.07, 6.45) is 0. The Morgan fingerprint density at radius 1 is 1.38 bits per heavy atom. The summed E-state index contributed by atoms with van der Waals surface area (Å²) < 4.78 is 0. The third-order valence-corrected chi connectivity index (χ3v) is 3.32. The Bertz CT molecular complexity index is 398. The van der Waals surface area contributed by atoms with Gasteiger partial charge in [0.25, 0.3) is 0 Å². The predicted octanol–water partition coefficient (Wildman–Crippen LogP) is 1.78. The highest BCUT2D eigenvalue weighted by atomic mass is 15.2. The van der Waals surface area contributed by atoms with E-state index in [1.165, 1.54) is 5.56 Å². The fraction of sp³-hybridized carbons (Fsp3) is 0.462. The van der Waals surface area contributed by atoms with Gasteiger partial charge in [0.2, 0.25) is 0 Å². The van der Waals surface area contributed by atoms with Crippen LogP contribution in [0.4, 0.5) is 0 Å². The van der Waals surface area contributed by atoms with E-state index in [1.54, 1.807) is 0 Å². The Balaban J connectivity index is 2.10. The van der Waals surface area contributed by atoms with Crippen LogP contribution in [0.5, 0.6) is 0 Å². The molecule has 1 heterocycles. The first-order valence-corrected chi connectivity index (χ1v) is 5.68. The quantitative estimate of drug-likeness (QED) is 0.836. The van der Waals surface area contributed by atoms with Gasteiger partial charge in [0.05, 0.1) is 0 Å². The average molecular weight is 217 g/mol. The fourth-order valence-corrected chi connectivity index (χ4v) is 1.98. The van der Waals surface area contributed by atoms with Crippen molar-refractivity contribution in [3.63, 3.8) is 0 Å². The molecular formula is C13H19N3. The molecule has 1 aromatic carbocycles. The summed E-state index contributed by atoms with van der Waals surface area (Å²) in [6.45, 7) is 3.99. The van der Waals surface area contributed by atoms with Gasteiger partial charge in [-0.25, -0.2) is 0 Å². The number of fused-ring (bicyclic) bond motifs is 1. The molecule has 16 heavy (non-hydrogen) atoms. The zero-order valence-corrected chi connectivity index (χ0v) is 10.2. The number of nitrogens with zero attached hydrogens (tertiary/aromatic N) is 2. The van der Waals surface area contributed by atoms with E-state index >= 15 is 0 Å². The Morgan fingerprint density at radius 2 is 2.06 bits per heavy atom. The van der Waals surface area contributed by atoms with Crippen LogP contribution in [0.25, 0.3) is 0 Å². The second-order valence-electron chi connectivity index (χ2n) is 4.70. The molecule has 1 atom stereocenters. The first-order valence-electron chi connectivity index (χ1n) is 5.68. The maximum Gasteiger partial charge on any atom is 0.128 e. The van der Waals surface area contributed by atoms with Crippen molar-refractivity contribution >= 4 is 5.84 Å². The first-order chi connectivity index (χ1) is 7.59. The molecule has 0 aliphatic carbocycles. The van der Waals surface area contributed by atoms with Crippen molar-refractivity contribution in [2.45, 2.75) is 19.5 Å². The molecule has 3 nitrogen and oxygen atoms in total. The van der Waals surface area contributed by atoms with Crippen LogP contribution in [0, 0.1) is 5.41 Å². The van der Waals surface area contributed by atoms with Gasteiger partial charge in [0.15, 0.2) is 0 Å². The summed E-state index contributed by atoms with van der Waals surface area (Å²) in [7, 11) is 4.16. The standard InChI is InChI=1S/C13H19N3/c1-10(15(2)3)8-16-9-11-6-4-5-7-12(11)13(16)14/h4-7,10,14H,8-9H2,1-3H3. The van der Waals surface area contributed by atoms with E-state index in [2.05, 4.69) is 36.9 Å². The van der Waals surface area contributed by atoms with Gasteiger partial charge in [-0.05, 0) is 26.6 Å². The Morgan fingerprint density at radius 3 is 2.69 bits per heavy atom. The van der Waals surface area contributed by atoms with Crippen LogP contribution < -0.4 is 0 Å². The normalized spacial score (nSPS) is 16.8. The highest BCUT2D eigenvalue weighted by Crippen LogP contribution is 2.22. The monoisotopic (exact) mass is 217 g/mol. The van der Waals surface area contributed by atoms with Crippen molar-refractivity contribution in [3.8, 4) is 0 Å². The van der Waals surface area contributed by atoms with Gasteiger partial charge in [-0.2, -0.15) is 0 Å². The number of amidine groups is 1. The third kappa shape index (κ3) is 1.95. The zero-order valence-electron chi connectivity index (χ0n) is 10.2. The molecule has 3 heteroatoms. The minimum absolute atomic E-state index is 0.467. The van der Waals surface area contributed by atoms with Gasteiger partial charge < -0.3 is 9.80 Å². The number of hydrogen-bond donors (Lipinski definition) is 1. The summed E-state index contributed by atoms with van der Waals surface area (Å²) in [6, 6.07) is 8.68. The molecule has 0 saturated carbocycles. The lowest BCUT2D eigenvalue weighted by atomic mass is 10.1. The Kier molecular flexibility index (Phi) is 2.97. The first kappa shape index (κ1) is 11.1. The SMILES string of the molecule is CC(CN1Cc2ccccc2C1=N)N(C)C. The van der Waals surface area contributed by atoms with Crippen LogP contribution >= 0.6 is 0 Å². The van der Waals surface area contributed by atoms with Gasteiger partial charge in [-0.15, -0.1) is 0 Å². The smallest absolute Gasteiger partial charge is 0.128 e. The van der Waals surface area contributed by atoms with Crippen molar-refractivity contribution in [2.24, 2.45) is 0 Å². The van der Waals surface area contributed by atoms with Crippen LogP contribution in [-0.2, 0) is 6.54 Å². The van der Waals surface area contributed by atoms with Crippen molar-refractivity contribution in [2.75, 3.05) is 20.6 Å². The number of nitrogens with one attached hydrogen (secondary N) is 1. The van der Waals surface area contributed by atoms with Gasteiger partial charge >= 0.3 is 0 Å². The maximum atomic E-state index is 8.13. The largest absolute Gasteiger partial charge is 0.351 e. The number of rotatable bonds is 3. The van der Waals surface area contributed by atoms with Gasteiger partial charge in [0, 0.05) is 24.7 Å². The van der Waals surface area contributed by atoms with E-state index in [1.807, 2.05) is 18.2 Å². The second kappa shape index (κ2) is 4.26. The van der Waals surface area contributed by atoms with E-state index in [4.69, 9.17) is 5.41 Å². The number of likely N-dealkylation sites (N-methyl/N-ethyl adjacent to an activating group) is 1. The molecule has 0 bridgehead atoms. The van der Waals surface area contributed by atoms with Gasteiger partial charge in [0.1, 0.15) is 5.84 Å². The lowest BCUT2D eigenvalue weighted by molar-refractivity contribution is 0.252. The molecule has 0 amide bonds. The minimum atomic E-state index is 0.467. The van der Waals surface area contributed by atoms with Crippen LogP contribution in [0.2, 0.25) is 0 Å². The molecule has 1 aliphatic rings. The molecule has 0 aromatic heterocycles. The molecule has 1 N–H and O–H groups in total. The summed E-state index contributed by atoms with van der Waals surface area (Å²) in [5, 5.41) is 8.13. The summed E-state index contributed by atoms with van der Waals surface area (Å²) >= 11 is 0. The topological polar surface area (TPSA) is 30.3 Å². The van der Waals surface area contributed by atoms with Gasteiger partial charge in [-0.3, -0.25) is 5.41 Å². The molecule has 2 rings (SSSR count). The van der Waals surface area contributed by atoms with E-state index in [0.717, 1.165) is 18.7 Å². The van der Waals surface area contributed by atoms with E-state index < -0.39 is 0 Å². The van der Waals surface area contributed by atoms with E-state index in [-0.39, 0.29) is 0 Å². The summed E-state index contributed by atoms with van der Waals surface area (Å²) in [5.74, 6) is 0.671. The lowest BCUT2D eigenvalue weighted by Crippen LogP contribution is -2.38. The fourth-order valence-electron chi connectivity index (χ4n) is 1.98. The zero-order chi connectivity index (χ0) is 11.7. The van der Waals surface area contributed by atoms with Crippen molar-refractivity contribution in [1.82, 2.24) is 9.80 Å². The second-order valence-corrected chi connectivity index (χ2v) is 4.70. The highest BCUT2D eigenvalue weighted by Gasteiger charge is 2.24. The minimum Gasteiger partial charge on any atom is -0.351 e. The Labute approximate surface area is 97.2 Å². The molecule has 0 saturated heterocycles. The third-order valence-electron chi connectivity index (χ3n) is 3.32. The maximum absolute atomic E-state index is 8.13. The molecule has 0 fully saturated rings. The van der Waals surface area contributed by atoms with Crippen molar-refractivity contribution in [3.05, 3.63) is 35.4 Å². The van der Waals surface area contributed by atoms with E-state index in [0.29, 0.717) is 11.9 Å². The van der Waals surface area contributed by atoms with Crippen molar-refractivity contribution in [1.29, 1.82) is 5.41 Å². The molecular weight excluding hydrogens is 198 g/mol. The highest BCUT2D eigenvalue weighted by molar-refractivity contribution is 6.00. The van der Waals surface area contributed by atoms with Crippen LogP contribution in [0.3, 0.4) is 0 Å². The van der Waals surface area contributed by atoms with Gasteiger partial charge in [-0.1, -0.05) is 24.3 Å². The van der Waals surface area contributed by atoms with Crippen LogP contribution in [0.1, 0.15) is 18.1 Å². The molecule has 1 unspecified atom stereocenters. The number of hydrogen-bond acceptors (Lipinski definition) is 2. The lowest BCUT2D eigenvalue weighted by Gasteiger charge is -2.26. The molecule has 1 aliphatic heterocycles. The summed E-state index contributed by atoms with van der Waals surface area (Å²) in [4.78, 5) is 4.34. The van der Waals surface area contributed by atoms with E-state index in [9.17, 15) is 0 Å². The van der Waals surface area contributed by atoms with Crippen LogP contribution in [-0.4, -0.2) is 42.3 Å². The molecule has 86 valence electrons. The van der Waals surface area contributed by atoms with Crippen molar-refractivity contribution < 1.29 is 0 Å². The molecule has 1 aromatic rings. The van der Waals surface area contributed by atoms with Crippen LogP contribution in [0.15, 0.2) is 24.3 Å². The number of benzene rings is 1. The molecule has 0 radical (unpaired) electrons. The summed E-state index contributed by atoms with van der Waals surface area (Å²) in [5.41, 5.74) is 2.37.